The highest BCUT2D eigenvalue weighted by Gasteiger charge is 2.20. The summed E-state index contributed by atoms with van der Waals surface area (Å²) in [6.07, 6.45) is 4.51. The van der Waals surface area contributed by atoms with E-state index in [1.165, 1.54) is 10.6 Å². The summed E-state index contributed by atoms with van der Waals surface area (Å²) < 4.78 is 0. The van der Waals surface area contributed by atoms with E-state index in [4.69, 9.17) is 0 Å². The van der Waals surface area contributed by atoms with E-state index in [9.17, 15) is 4.79 Å². The Hall–Kier alpha value is -2.08. The zero-order valence-corrected chi connectivity index (χ0v) is 13.3. The van der Waals surface area contributed by atoms with Gasteiger partial charge >= 0.3 is 6.03 Å². The first-order valence-electron chi connectivity index (χ1n) is 7.53. The van der Waals surface area contributed by atoms with Crippen molar-refractivity contribution in [3.63, 3.8) is 0 Å². The Bertz CT molecular complexity index is 579. The number of nitrogens with one attached hydrogen (secondary N) is 1. The second-order valence-corrected chi connectivity index (χ2v) is 6.27. The van der Waals surface area contributed by atoms with Gasteiger partial charge in [-0.25, -0.2) is 4.79 Å². The molecule has 22 heavy (non-hydrogen) atoms. The molecule has 3 heterocycles. The minimum Gasteiger partial charge on any atom is -0.368 e. The van der Waals surface area contributed by atoms with E-state index in [-0.39, 0.29) is 6.03 Å². The summed E-state index contributed by atoms with van der Waals surface area (Å²) in [6, 6.07) is 8.21. The number of piperazine rings is 1. The lowest BCUT2D eigenvalue weighted by Gasteiger charge is -2.36. The third-order valence-electron chi connectivity index (χ3n) is 3.82. The zero-order chi connectivity index (χ0) is 15.2. The molecule has 1 aliphatic heterocycles. The number of amides is 2. The monoisotopic (exact) mass is 316 g/mol. The Kier molecular flexibility index (Phi) is 4.90. The fourth-order valence-corrected chi connectivity index (χ4v) is 3.29. The molecule has 0 radical (unpaired) electrons. The quantitative estimate of drug-likeness (QED) is 0.941. The van der Waals surface area contributed by atoms with E-state index < -0.39 is 0 Å². The van der Waals surface area contributed by atoms with Gasteiger partial charge in [-0.2, -0.15) is 0 Å². The fraction of sp³-hybridized carbons (Fsp3) is 0.375. The standard InChI is InChI=1S/C16H20N4OS/c21-16(18-8-5-15-2-1-13-22-15)20-11-9-19(10-12-20)14-3-6-17-7-4-14/h1-4,6-7,13H,5,8-12H2,(H,18,21). The van der Waals surface area contributed by atoms with Gasteiger partial charge < -0.3 is 15.1 Å². The van der Waals surface area contributed by atoms with Crippen molar-refractivity contribution >= 4 is 23.1 Å². The molecule has 1 fully saturated rings. The van der Waals surface area contributed by atoms with Crippen LogP contribution in [0, 0.1) is 0 Å². The number of hydrogen-bond donors (Lipinski definition) is 1. The molecule has 6 heteroatoms. The van der Waals surface area contributed by atoms with E-state index in [0.717, 1.165) is 32.6 Å². The topological polar surface area (TPSA) is 48.5 Å². The van der Waals surface area contributed by atoms with Gasteiger partial charge in [-0.1, -0.05) is 6.07 Å². The van der Waals surface area contributed by atoms with Crippen LogP contribution in [0.1, 0.15) is 4.88 Å². The number of urea groups is 1. The number of anilines is 1. The maximum atomic E-state index is 12.2. The predicted octanol–water partition coefficient (Wildman–Crippen LogP) is 2.22. The van der Waals surface area contributed by atoms with Crippen LogP contribution in [-0.2, 0) is 6.42 Å². The van der Waals surface area contributed by atoms with Crippen molar-refractivity contribution in [2.45, 2.75) is 6.42 Å². The molecule has 1 N–H and O–H groups in total. The van der Waals surface area contributed by atoms with Crippen LogP contribution in [0.5, 0.6) is 0 Å². The Morgan fingerprint density at radius 3 is 2.64 bits per heavy atom. The first kappa shape index (κ1) is 14.8. The molecule has 5 nitrogen and oxygen atoms in total. The highest BCUT2D eigenvalue weighted by molar-refractivity contribution is 7.09. The van der Waals surface area contributed by atoms with Gasteiger partial charge in [-0.3, -0.25) is 4.98 Å². The Morgan fingerprint density at radius 2 is 1.95 bits per heavy atom. The van der Waals surface area contributed by atoms with E-state index in [1.807, 2.05) is 23.1 Å². The van der Waals surface area contributed by atoms with Gasteiger partial charge in [0.2, 0.25) is 0 Å². The maximum Gasteiger partial charge on any atom is 0.317 e. The van der Waals surface area contributed by atoms with Gasteiger partial charge in [0.25, 0.3) is 0 Å². The summed E-state index contributed by atoms with van der Waals surface area (Å²) in [4.78, 5) is 21.7. The molecule has 0 unspecified atom stereocenters. The van der Waals surface area contributed by atoms with Crippen LogP contribution in [0.2, 0.25) is 0 Å². The molecule has 0 bridgehead atoms. The molecule has 0 atom stereocenters. The molecular weight excluding hydrogens is 296 g/mol. The summed E-state index contributed by atoms with van der Waals surface area (Å²) in [7, 11) is 0. The van der Waals surface area contributed by atoms with Crippen molar-refractivity contribution in [1.29, 1.82) is 0 Å². The molecule has 2 aromatic rings. The SMILES string of the molecule is O=C(NCCc1cccs1)N1CCN(c2ccncc2)CC1. The Morgan fingerprint density at radius 1 is 1.18 bits per heavy atom. The number of aromatic nitrogens is 1. The van der Waals surface area contributed by atoms with Gasteiger partial charge in [0.15, 0.2) is 0 Å². The van der Waals surface area contributed by atoms with Crippen molar-refractivity contribution in [2.75, 3.05) is 37.6 Å². The second kappa shape index (κ2) is 7.26. The third kappa shape index (κ3) is 3.76. The summed E-state index contributed by atoms with van der Waals surface area (Å²) in [6.45, 7) is 3.94. The van der Waals surface area contributed by atoms with Gasteiger partial charge in [0.1, 0.15) is 0 Å². The van der Waals surface area contributed by atoms with Crippen molar-refractivity contribution < 1.29 is 4.79 Å². The molecule has 2 amide bonds. The molecule has 0 aromatic carbocycles. The predicted molar refractivity (Wildman–Crippen MR) is 89.4 cm³/mol. The van der Waals surface area contributed by atoms with Crippen molar-refractivity contribution in [3.8, 4) is 0 Å². The number of carbonyl (C=O) groups excluding carboxylic acids is 1. The van der Waals surface area contributed by atoms with Crippen LogP contribution in [0.3, 0.4) is 0 Å². The maximum absolute atomic E-state index is 12.2. The third-order valence-corrected chi connectivity index (χ3v) is 4.76. The fourth-order valence-electron chi connectivity index (χ4n) is 2.58. The van der Waals surface area contributed by atoms with Crippen molar-refractivity contribution in [2.24, 2.45) is 0 Å². The summed E-state index contributed by atoms with van der Waals surface area (Å²) in [5.74, 6) is 0. The van der Waals surface area contributed by atoms with E-state index in [2.05, 4.69) is 26.6 Å². The Labute approximate surface area is 134 Å². The minimum atomic E-state index is 0.0472. The van der Waals surface area contributed by atoms with Gasteiger partial charge in [0, 0.05) is 55.7 Å². The molecule has 3 rings (SSSR count). The lowest BCUT2D eigenvalue weighted by atomic mass is 10.3. The first-order valence-corrected chi connectivity index (χ1v) is 8.41. The molecular formula is C16H20N4OS. The summed E-state index contributed by atoms with van der Waals surface area (Å²) in [5.41, 5.74) is 1.17. The van der Waals surface area contributed by atoms with Gasteiger partial charge in [0.05, 0.1) is 0 Å². The minimum absolute atomic E-state index is 0.0472. The van der Waals surface area contributed by atoms with Crippen LogP contribution in [0.4, 0.5) is 10.5 Å². The number of nitrogens with zero attached hydrogens (tertiary/aromatic N) is 3. The molecule has 0 aliphatic carbocycles. The lowest BCUT2D eigenvalue weighted by molar-refractivity contribution is 0.194. The molecule has 2 aromatic heterocycles. The number of carbonyl (C=O) groups is 1. The largest absolute Gasteiger partial charge is 0.368 e. The van der Waals surface area contributed by atoms with Crippen LogP contribution in [0.15, 0.2) is 42.0 Å². The molecule has 1 aliphatic rings. The van der Waals surface area contributed by atoms with Crippen LogP contribution >= 0.6 is 11.3 Å². The average molecular weight is 316 g/mol. The van der Waals surface area contributed by atoms with Crippen LogP contribution in [-0.4, -0.2) is 48.6 Å². The number of rotatable bonds is 4. The highest BCUT2D eigenvalue weighted by Crippen LogP contribution is 2.14. The summed E-state index contributed by atoms with van der Waals surface area (Å²) >= 11 is 1.73. The van der Waals surface area contributed by atoms with Crippen LogP contribution < -0.4 is 10.2 Å². The van der Waals surface area contributed by atoms with Gasteiger partial charge in [-0.15, -0.1) is 11.3 Å². The van der Waals surface area contributed by atoms with E-state index >= 15 is 0 Å². The molecule has 1 saturated heterocycles. The van der Waals surface area contributed by atoms with Crippen molar-refractivity contribution in [1.82, 2.24) is 15.2 Å². The second-order valence-electron chi connectivity index (χ2n) is 5.24. The van der Waals surface area contributed by atoms with Crippen LogP contribution in [0.25, 0.3) is 0 Å². The zero-order valence-electron chi connectivity index (χ0n) is 12.4. The Balaban J connectivity index is 1.42. The van der Waals surface area contributed by atoms with Crippen molar-refractivity contribution in [3.05, 3.63) is 46.9 Å². The average Bonchev–Trinajstić information content (AvgIpc) is 3.09. The molecule has 0 spiro atoms. The van der Waals surface area contributed by atoms with E-state index in [1.54, 1.807) is 23.7 Å². The number of thiophene rings is 1. The number of hydrogen-bond acceptors (Lipinski definition) is 4. The summed E-state index contributed by atoms with van der Waals surface area (Å²) in [5, 5.41) is 5.08. The lowest BCUT2D eigenvalue weighted by Crippen LogP contribution is -2.52. The van der Waals surface area contributed by atoms with E-state index in [0.29, 0.717) is 6.54 Å². The van der Waals surface area contributed by atoms with Gasteiger partial charge in [-0.05, 0) is 30.0 Å². The normalized spacial score (nSPS) is 14.9. The number of pyridine rings is 1. The molecule has 116 valence electrons. The smallest absolute Gasteiger partial charge is 0.317 e. The highest BCUT2D eigenvalue weighted by atomic mass is 32.1. The first-order chi connectivity index (χ1) is 10.8. The molecule has 0 saturated carbocycles.